The first-order valence-electron chi connectivity index (χ1n) is 5.78. The van der Waals surface area contributed by atoms with Crippen LogP contribution in [-0.2, 0) is 6.42 Å². The van der Waals surface area contributed by atoms with E-state index in [1.807, 2.05) is 43.3 Å². The molecule has 1 atom stereocenters. The van der Waals surface area contributed by atoms with Crippen molar-refractivity contribution in [3.8, 4) is 11.6 Å². The molecule has 1 aromatic heterocycles. The van der Waals surface area contributed by atoms with Crippen LogP contribution in [0.1, 0.15) is 12.5 Å². The Kier molecular flexibility index (Phi) is 4.33. The Morgan fingerprint density at radius 3 is 2.89 bits per heavy atom. The summed E-state index contributed by atoms with van der Waals surface area (Å²) in [4.78, 5) is 4.26. The minimum absolute atomic E-state index is 0.0825. The number of nitrogens with two attached hydrogens (primary N) is 1. The number of rotatable bonds is 4. The van der Waals surface area contributed by atoms with Crippen molar-refractivity contribution in [1.29, 1.82) is 0 Å². The van der Waals surface area contributed by atoms with Gasteiger partial charge < -0.3 is 10.5 Å². The molecular weight excluding hydrogens is 292 g/mol. The van der Waals surface area contributed by atoms with E-state index in [1.165, 1.54) is 0 Å². The molecule has 2 N–H and O–H groups in total. The van der Waals surface area contributed by atoms with Crippen molar-refractivity contribution in [2.24, 2.45) is 5.73 Å². The van der Waals surface area contributed by atoms with Gasteiger partial charge in [0.15, 0.2) is 0 Å². The van der Waals surface area contributed by atoms with E-state index < -0.39 is 0 Å². The van der Waals surface area contributed by atoms with Gasteiger partial charge in [0.05, 0.1) is 0 Å². The lowest BCUT2D eigenvalue weighted by molar-refractivity contribution is 0.453. The first-order chi connectivity index (χ1) is 8.65. The molecule has 4 heteroatoms. The highest BCUT2D eigenvalue weighted by molar-refractivity contribution is 9.10. The number of ether oxygens (including phenoxy) is 1. The second kappa shape index (κ2) is 5.98. The van der Waals surface area contributed by atoms with Gasteiger partial charge in [-0.1, -0.05) is 28.1 Å². The molecule has 0 bridgehead atoms. The van der Waals surface area contributed by atoms with E-state index >= 15 is 0 Å². The summed E-state index contributed by atoms with van der Waals surface area (Å²) in [6.07, 6.45) is 2.47. The van der Waals surface area contributed by atoms with Crippen molar-refractivity contribution in [2.45, 2.75) is 19.4 Å². The minimum atomic E-state index is 0.0825. The summed E-state index contributed by atoms with van der Waals surface area (Å²) < 4.78 is 6.77. The summed E-state index contributed by atoms with van der Waals surface area (Å²) in [5.41, 5.74) is 6.84. The monoisotopic (exact) mass is 306 g/mol. The first kappa shape index (κ1) is 13.1. The third kappa shape index (κ3) is 3.55. The molecule has 0 amide bonds. The van der Waals surface area contributed by atoms with Gasteiger partial charge >= 0.3 is 0 Å². The van der Waals surface area contributed by atoms with Crippen LogP contribution >= 0.6 is 15.9 Å². The third-order valence-corrected chi connectivity index (χ3v) is 2.90. The Morgan fingerprint density at radius 1 is 1.33 bits per heavy atom. The van der Waals surface area contributed by atoms with Gasteiger partial charge in [-0.3, -0.25) is 0 Å². The van der Waals surface area contributed by atoms with Crippen LogP contribution in [0.25, 0.3) is 0 Å². The molecule has 1 heterocycles. The van der Waals surface area contributed by atoms with E-state index in [4.69, 9.17) is 10.5 Å². The molecule has 0 aliphatic rings. The van der Waals surface area contributed by atoms with Crippen molar-refractivity contribution in [1.82, 2.24) is 4.98 Å². The van der Waals surface area contributed by atoms with Crippen LogP contribution in [0, 0.1) is 0 Å². The summed E-state index contributed by atoms with van der Waals surface area (Å²) in [7, 11) is 0. The van der Waals surface area contributed by atoms with Crippen molar-refractivity contribution in [2.75, 3.05) is 0 Å². The predicted octanol–water partition coefficient (Wildman–Crippen LogP) is 3.53. The van der Waals surface area contributed by atoms with Gasteiger partial charge in [-0.2, -0.15) is 0 Å². The number of halogens is 1. The molecule has 0 spiro atoms. The van der Waals surface area contributed by atoms with E-state index in [9.17, 15) is 0 Å². The van der Waals surface area contributed by atoms with Crippen LogP contribution in [0.15, 0.2) is 47.1 Å². The summed E-state index contributed by atoms with van der Waals surface area (Å²) in [5, 5.41) is 0. The normalized spacial score (nSPS) is 12.2. The fourth-order valence-corrected chi connectivity index (χ4v) is 2.04. The largest absolute Gasteiger partial charge is 0.439 e. The maximum Gasteiger partial charge on any atom is 0.222 e. The Labute approximate surface area is 115 Å². The lowest BCUT2D eigenvalue weighted by Crippen LogP contribution is -2.18. The van der Waals surface area contributed by atoms with E-state index in [-0.39, 0.29) is 6.04 Å². The predicted molar refractivity (Wildman–Crippen MR) is 75.8 cm³/mol. The van der Waals surface area contributed by atoms with E-state index in [0.717, 1.165) is 22.2 Å². The second-order valence-electron chi connectivity index (χ2n) is 4.21. The molecule has 0 fully saturated rings. The lowest BCUT2D eigenvalue weighted by Gasteiger charge is -2.11. The summed E-state index contributed by atoms with van der Waals surface area (Å²) in [6, 6.07) is 11.6. The van der Waals surface area contributed by atoms with Crippen LogP contribution in [0.5, 0.6) is 11.6 Å². The van der Waals surface area contributed by atoms with E-state index in [2.05, 4.69) is 20.9 Å². The Hall–Kier alpha value is -1.39. The Morgan fingerprint density at radius 2 is 2.17 bits per heavy atom. The standard InChI is InChI=1S/C14H15BrN2O/c1-10(16)8-11-4-3-7-17-14(11)18-13-6-2-5-12(15)9-13/h2-7,9-10H,8,16H2,1H3. The van der Waals surface area contributed by atoms with Crippen molar-refractivity contribution >= 4 is 15.9 Å². The van der Waals surface area contributed by atoms with E-state index in [1.54, 1.807) is 6.20 Å². The topological polar surface area (TPSA) is 48.1 Å². The van der Waals surface area contributed by atoms with Crippen LogP contribution in [0.4, 0.5) is 0 Å². The van der Waals surface area contributed by atoms with Crippen molar-refractivity contribution < 1.29 is 4.74 Å². The molecule has 0 aliphatic heterocycles. The molecular formula is C14H15BrN2O. The Bertz CT molecular complexity index is 529. The average Bonchev–Trinajstić information content (AvgIpc) is 2.31. The molecule has 1 aromatic carbocycles. The average molecular weight is 307 g/mol. The number of nitrogens with zero attached hydrogens (tertiary/aromatic N) is 1. The van der Waals surface area contributed by atoms with Crippen LogP contribution in [0.2, 0.25) is 0 Å². The van der Waals surface area contributed by atoms with Gasteiger partial charge in [0.25, 0.3) is 0 Å². The zero-order valence-corrected chi connectivity index (χ0v) is 11.7. The highest BCUT2D eigenvalue weighted by Gasteiger charge is 2.08. The second-order valence-corrected chi connectivity index (χ2v) is 5.12. The molecule has 0 saturated carbocycles. The van der Waals surface area contributed by atoms with E-state index in [0.29, 0.717) is 5.88 Å². The fraction of sp³-hybridized carbons (Fsp3) is 0.214. The highest BCUT2D eigenvalue weighted by atomic mass is 79.9. The summed E-state index contributed by atoms with van der Waals surface area (Å²) >= 11 is 3.41. The maximum atomic E-state index is 5.82. The fourth-order valence-electron chi connectivity index (χ4n) is 1.66. The quantitative estimate of drug-likeness (QED) is 0.940. The molecule has 18 heavy (non-hydrogen) atoms. The third-order valence-electron chi connectivity index (χ3n) is 2.40. The van der Waals surface area contributed by atoms with Crippen LogP contribution in [0.3, 0.4) is 0 Å². The van der Waals surface area contributed by atoms with Crippen LogP contribution in [-0.4, -0.2) is 11.0 Å². The molecule has 1 unspecified atom stereocenters. The number of pyridine rings is 1. The number of benzene rings is 1. The Balaban J connectivity index is 2.23. The highest BCUT2D eigenvalue weighted by Crippen LogP contribution is 2.25. The van der Waals surface area contributed by atoms with Gasteiger partial charge in [-0.15, -0.1) is 0 Å². The van der Waals surface area contributed by atoms with Crippen molar-refractivity contribution in [3.63, 3.8) is 0 Å². The number of hydrogen-bond acceptors (Lipinski definition) is 3. The number of hydrogen-bond donors (Lipinski definition) is 1. The molecule has 94 valence electrons. The molecule has 2 aromatic rings. The maximum absolute atomic E-state index is 5.82. The van der Waals surface area contributed by atoms with Gasteiger partial charge in [-0.25, -0.2) is 4.98 Å². The van der Waals surface area contributed by atoms with Crippen LogP contribution < -0.4 is 10.5 Å². The molecule has 3 nitrogen and oxygen atoms in total. The molecule has 2 rings (SSSR count). The number of aromatic nitrogens is 1. The SMILES string of the molecule is CC(N)Cc1cccnc1Oc1cccc(Br)c1. The van der Waals surface area contributed by atoms with Gasteiger partial charge in [0.2, 0.25) is 5.88 Å². The molecule has 0 aliphatic carbocycles. The zero-order valence-electron chi connectivity index (χ0n) is 10.1. The summed E-state index contributed by atoms with van der Waals surface area (Å²) in [5.74, 6) is 1.38. The minimum Gasteiger partial charge on any atom is -0.439 e. The van der Waals surface area contributed by atoms with Gasteiger partial charge in [0.1, 0.15) is 5.75 Å². The molecule has 0 saturated heterocycles. The smallest absolute Gasteiger partial charge is 0.222 e. The molecule has 0 radical (unpaired) electrons. The van der Waals surface area contributed by atoms with Gasteiger partial charge in [-0.05, 0) is 37.6 Å². The first-order valence-corrected chi connectivity index (χ1v) is 6.57. The van der Waals surface area contributed by atoms with Crippen molar-refractivity contribution in [3.05, 3.63) is 52.6 Å². The summed E-state index contributed by atoms with van der Waals surface area (Å²) in [6.45, 7) is 1.97. The lowest BCUT2D eigenvalue weighted by atomic mass is 10.1. The van der Waals surface area contributed by atoms with Gasteiger partial charge in [0, 0.05) is 22.3 Å². The zero-order chi connectivity index (χ0) is 13.0.